The van der Waals surface area contributed by atoms with Crippen LogP contribution >= 0.6 is 22.9 Å². The minimum absolute atomic E-state index is 0.0163. The van der Waals surface area contributed by atoms with Crippen LogP contribution in [-0.2, 0) is 16.6 Å². The second-order valence-corrected chi connectivity index (χ2v) is 12.4. The summed E-state index contributed by atoms with van der Waals surface area (Å²) in [5.74, 6) is -0.276. The number of hydrogen-bond donors (Lipinski definition) is 0. The van der Waals surface area contributed by atoms with Gasteiger partial charge in [0.1, 0.15) is 0 Å². The Hall–Kier alpha value is -2.85. The van der Waals surface area contributed by atoms with Gasteiger partial charge in [-0.3, -0.25) is 14.7 Å². The minimum atomic E-state index is -3.63. The molecular formula is C27H27ClN4O3S2. The molecule has 2 aromatic carbocycles. The number of carbonyl (C=O) groups is 1. The van der Waals surface area contributed by atoms with E-state index in [1.54, 1.807) is 39.8 Å². The summed E-state index contributed by atoms with van der Waals surface area (Å²) in [6.45, 7) is 2.82. The van der Waals surface area contributed by atoms with Gasteiger partial charge in [0.05, 0.1) is 21.7 Å². The average Bonchev–Trinajstić information content (AvgIpc) is 3.35. The smallest absolute Gasteiger partial charge is 0.260 e. The summed E-state index contributed by atoms with van der Waals surface area (Å²) < 4.78 is 29.2. The number of anilines is 1. The lowest BCUT2D eigenvalue weighted by molar-refractivity contribution is 0.0985. The zero-order chi connectivity index (χ0) is 26.0. The van der Waals surface area contributed by atoms with Crippen LogP contribution in [0.25, 0.3) is 10.2 Å². The van der Waals surface area contributed by atoms with Gasteiger partial charge in [-0.25, -0.2) is 13.4 Å². The fourth-order valence-corrected chi connectivity index (χ4v) is 7.67. The van der Waals surface area contributed by atoms with E-state index in [0.717, 1.165) is 41.5 Å². The molecule has 4 aromatic rings. The van der Waals surface area contributed by atoms with Crippen LogP contribution in [0.1, 0.15) is 48.5 Å². The minimum Gasteiger partial charge on any atom is -0.279 e. The number of sulfonamides is 1. The third kappa shape index (κ3) is 5.40. The Labute approximate surface area is 225 Å². The number of amides is 1. The predicted molar refractivity (Wildman–Crippen MR) is 148 cm³/mol. The summed E-state index contributed by atoms with van der Waals surface area (Å²) >= 11 is 7.54. The summed E-state index contributed by atoms with van der Waals surface area (Å²) in [4.78, 5) is 24.4. The van der Waals surface area contributed by atoms with Gasteiger partial charge in [0.25, 0.3) is 5.91 Å². The topological polar surface area (TPSA) is 83.5 Å². The van der Waals surface area contributed by atoms with Crippen LogP contribution in [0.4, 0.5) is 5.13 Å². The van der Waals surface area contributed by atoms with Gasteiger partial charge in [-0.05, 0) is 73.4 Å². The van der Waals surface area contributed by atoms with Crippen molar-refractivity contribution in [1.29, 1.82) is 0 Å². The van der Waals surface area contributed by atoms with Gasteiger partial charge in [-0.2, -0.15) is 4.31 Å². The number of benzene rings is 2. The Morgan fingerprint density at radius 3 is 2.70 bits per heavy atom. The van der Waals surface area contributed by atoms with Crippen molar-refractivity contribution >= 4 is 54.2 Å². The molecule has 1 atom stereocenters. The summed E-state index contributed by atoms with van der Waals surface area (Å²) in [5.41, 5.74) is 1.98. The maximum absolute atomic E-state index is 13.7. The quantitative estimate of drug-likeness (QED) is 0.274. The number of piperidine rings is 1. The first-order chi connectivity index (χ1) is 17.9. The number of nitrogens with zero attached hydrogens (tertiary/aromatic N) is 4. The van der Waals surface area contributed by atoms with E-state index in [-0.39, 0.29) is 23.4 Å². The van der Waals surface area contributed by atoms with Crippen LogP contribution in [-0.4, -0.2) is 41.2 Å². The lowest BCUT2D eigenvalue weighted by atomic mass is 10.0. The third-order valence-electron chi connectivity index (χ3n) is 6.63. The monoisotopic (exact) mass is 554 g/mol. The van der Waals surface area contributed by atoms with Gasteiger partial charge in [-0.15, -0.1) is 0 Å². The summed E-state index contributed by atoms with van der Waals surface area (Å²) in [6, 6.07) is 15.4. The highest BCUT2D eigenvalue weighted by molar-refractivity contribution is 7.89. The van der Waals surface area contributed by atoms with Crippen LogP contribution in [0.3, 0.4) is 0 Å². The molecular weight excluding hydrogens is 528 g/mol. The van der Waals surface area contributed by atoms with E-state index in [9.17, 15) is 13.2 Å². The van der Waals surface area contributed by atoms with Crippen molar-refractivity contribution < 1.29 is 13.2 Å². The van der Waals surface area contributed by atoms with Gasteiger partial charge in [0, 0.05) is 35.6 Å². The van der Waals surface area contributed by atoms with Crippen molar-refractivity contribution in [3.8, 4) is 0 Å². The Bertz CT molecular complexity index is 1510. The van der Waals surface area contributed by atoms with Crippen LogP contribution in [0, 0.1) is 0 Å². The molecule has 0 aliphatic carbocycles. The molecule has 1 amide bonds. The van der Waals surface area contributed by atoms with E-state index in [4.69, 9.17) is 11.6 Å². The molecule has 0 bridgehead atoms. The molecule has 0 radical (unpaired) electrons. The van der Waals surface area contributed by atoms with Crippen molar-refractivity contribution in [2.45, 2.75) is 50.1 Å². The summed E-state index contributed by atoms with van der Waals surface area (Å²) in [7, 11) is -3.63. The van der Waals surface area contributed by atoms with Crippen molar-refractivity contribution in [3.05, 3.63) is 83.1 Å². The number of thiazole rings is 1. The molecule has 0 saturated carbocycles. The molecule has 1 aliphatic rings. The number of halogens is 1. The van der Waals surface area contributed by atoms with Crippen molar-refractivity contribution in [2.24, 2.45) is 0 Å². The molecule has 0 N–H and O–H groups in total. The number of hydrogen-bond acceptors (Lipinski definition) is 6. The highest BCUT2D eigenvalue weighted by Gasteiger charge is 2.32. The second-order valence-electron chi connectivity index (χ2n) is 9.06. The lowest BCUT2D eigenvalue weighted by Gasteiger charge is -2.34. The Morgan fingerprint density at radius 1 is 1.16 bits per heavy atom. The molecule has 1 saturated heterocycles. The first-order valence-corrected chi connectivity index (χ1v) is 14.9. The van der Waals surface area contributed by atoms with E-state index < -0.39 is 10.0 Å². The Kier molecular flexibility index (Phi) is 7.57. The molecule has 5 rings (SSSR count). The normalized spacial score (nSPS) is 16.6. The highest BCUT2D eigenvalue weighted by atomic mass is 35.5. The molecule has 3 heterocycles. The zero-order valence-corrected chi connectivity index (χ0v) is 22.8. The van der Waals surface area contributed by atoms with Crippen molar-refractivity contribution in [1.82, 2.24) is 14.3 Å². The molecule has 10 heteroatoms. The van der Waals surface area contributed by atoms with Crippen LogP contribution in [0.15, 0.2) is 71.9 Å². The standard InChI is InChI=1S/C27H27ClN4O3S2/c1-2-22-7-3-4-15-32(22)37(34,35)23-11-8-20(9-12-23)26(33)31(18-19-6-5-14-29-17-19)27-30-24-13-10-21(28)16-25(24)36-27/h5-6,8-14,16-17,22H,2-4,7,15,18H2,1H3. The van der Waals surface area contributed by atoms with Crippen molar-refractivity contribution in [2.75, 3.05) is 11.4 Å². The summed E-state index contributed by atoms with van der Waals surface area (Å²) in [5, 5.41) is 1.13. The predicted octanol–water partition coefficient (Wildman–Crippen LogP) is 6.14. The largest absolute Gasteiger partial charge is 0.279 e. The maximum atomic E-state index is 13.7. The number of rotatable bonds is 7. The Balaban J connectivity index is 1.46. The maximum Gasteiger partial charge on any atom is 0.260 e. The zero-order valence-electron chi connectivity index (χ0n) is 20.4. The third-order valence-corrected chi connectivity index (χ3v) is 9.87. The number of aromatic nitrogens is 2. The van der Waals surface area contributed by atoms with Crippen LogP contribution in [0.5, 0.6) is 0 Å². The van der Waals surface area contributed by atoms with Gasteiger partial charge >= 0.3 is 0 Å². The van der Waals surface area contributed by atoms with E-state index in [1.807, 2.05) is 31.2 Å². The molecule has 192 valence electrons. The average molecular weight is 555 g/mol. The molecule has 37 heavy (non-hydrogen) atoms. The van der Waals surface area contributed by atoms with Gasteiger partial charge in [0.15, 0.2) is 5.13 Å². The van der Waals surface area contributed by atoms with E-state index in [2.05, 4.69) is 9.97 Å². The summed E-state index contributed by atoms with van der Waals surface area (Å²) in [6.07, 6.45) is 6.96. The van der Waals surface area contributed by atoms with Gasteiger partial charge < -0.3 is 0 Å². The second kappa shape index (κ2) is 10.9. The van der Waals surface area contributed by atoms with Crippen LogP contribution < -0.4 is 4.90 Å². The fourth-order valence-electron chi connectivity index (χ4n) is 4.66. The van der Waals surface area contributed by atoms with Crippen molar-refractivity contribution in [3.63, 3.8) is 0 Å². The fraction of sp³-hybridized carbons (Fsp3) is 0.296. The number of fused-ring (bicyclic) bond motifs is 1. The molecule has 2 aromatic heterocycles. The van der Waals surface area contributed by atoms with E-state index in [0.29, 0.717) is 22.3 Å². The molecule has 7 nitrogen and oxygen atoms in total. The van der Waals surface area contributed by atoms with Gasteiger partial charge in [0.2, 0.25) is 10.0 Å². The molecule has 1 unspecified atom stereocenters. The van der Waals surface area contributed by atoms with Gasteiger partial charge in [-0.1, -0.05) is 42.3 Å². The molecule has 1 fully saturated rings. The van der Waals surface area contributed by atoms with E-state index >= 15 is 0 Å². The molecule has 1 aliphatic heterocycles. The SMILES string of the molecule is CCC1CCCCN1S(=O)(=O)c1ccc(C(=O)N(Cc2cccnc2)c2nc3ccc(Cl)cc3s2)cc1. The van der Waals surface area contributed by atoms with E-state index in [1.165, 1.54) is 23.5 Å². The number of carbonyl (C=O) groups excluding carboxylic acids is 1. The number of pyridine rings is 1. The first-order valence-electron chi connectivity index (χ1n) is 12.3. The Morgan fingerprint density at radius 2 is 1.97 bits per heavy atom. The highest BCUT2D eigenvalue weighted by Crippen LogP contribution is 2.33. The van der Waals surface area contributed by atoms with Crippen LogP contribution in [0.2, 0.25) is 5.02 Å². The lowest BCUT2D eigenvalue weighted by Crippen LogP contribution is -2.43. The molecule has 0 spiro atoms. The first kappa shape index (κ1) is 25.8.